The number of aryl methyl sites for hydroxylation is 2. The van der Waals surface area contributed by atoms with E-state index >= 15 is 0 Å². The zero-order valence-electron chi connectivity index (χ0n) is 22.6. The molecule has 1 unspecified atom stereocenters. The van der Waals surface area contributed by atoms with Gasteiger partial charge in [-0.3, -0.25) is 14.5 Å². The second-order valence-electron chi connectivity index (χ2n) is 9.04. The lowest BCUT2D eigenvalue weighted by atomic mass is 9.98. The van der Waals surface area contributed by atoms with Gasteiger partial charge in [-0.25, -0.2) is 9.37 Å². The summed E-state index contributed by atoms with van der Waals surface area (Å²) in [5.74, 6) is 1.61. The Hall–Kier alpha value is -2.79. The van der Waals surface area contributed by atoms with Gasteiger partial charge in [0.25, 0.3) is 12.0 Å². The number of halogens is 1. The fourth-order valence-electron chi connectivity index (χ4n) is 4.97. The van der Waals surface area contributed by atoms with E-state index in [1.54, 1.807) is 18.6 Å². The van der Waals surface area contributed by atoms with Crippen LogP contribution in [0.1, 0.15) is 41.7 Å². The molecule has 10 heteroatoms. The lowest BCUT2D eigenvalue weighted by Crippen LogP contribution is -2.44. The van der Waals surface area contributed by atoms with Gasteiger partial charge in [0, 0.05) is 60.3 Å². The van der Waals surface area contributed by atoms with Crippen LogP contribution in [0.3, 0.4) is 0 Å². The monoisotopic (exact) mass is 545 g/mol. The zero-order valence-corrected chi connectivity index (χ0v) is 23.4. The molecule has 2 aliphatic heterocycles. The molecule has 0 aliphatic carbocycles. The molecule has 1 saturated heterocycles. The first-order valence-corrected chi connectivity index (χ1v) is 13.8. The third-order valence-electron chi connectivity index (χ3n) is 6.88. The van der Waals surface area contributed by atoms with Gasteiger partial charge in [0.2, 0.25) is 0 Å². The van der Waals surface area contributed by atoms with E-state index in [9.17, 15) is 14.3 Å². The van der Waals surface area contributed by atoms with E-state index in [4.69, 9.17) is 19.6 Å². The number of nitrogens with zero attached hydrogens (tertiary/aromatic N) is 3. The molecule has 2 N–H and O–H groups in total. The molecule has 4 heterocycles. The van der Waals surface area contributed by atoms with Gasteiger partial charge in [0.15, 0.2) is 0 Å². The lowest BCUT2D eigenvalue weighted by Gasteiger charge is -2.35. The number of aliphatic hydroxyl groups excluding tert-OH is 1. The number of rotatable bonds is 5. The normalized spacial score (nSPS) is 16.1. The maximum atomic E-state index is 14.5. The van der Waals surface area contributed by atoms with Crippen molar-refractivity contribution in [3.8, 4) is 11.4 Å². The highest BCUT2D eigenvalue weighted by Crippen LogP contribution is 2.37. The van der Waals surface area contributed by atoms with E-state index in [-0.39, 0.29) is 37.1 Å². The van der Waals surface area contributed by atoms with Gasteiger partial charge in [-0.1, -0.05) is 13.8 Å². The van der Waals surface area contributed by atoms with E-state index in [0.29, 0.717) is 29.7 Å². The molecule has 5 rings (SSSR count). The number of ether oxygens (including phenoxy) is 1. The molecule has 1 fully saturated rings. The molecule has 206 valence electrons. The van der Waals surface area contributed by atoms with Crippen molar-refractivity contribution >= 4 is 29.1 Å². The highest BCUT2D eigenvalue weighted by Gasteiger charge is 2.30. The smallest absolute Gasteiger partial charge is 0.290 e. The number of pyridine rings is 2. The van der Waals surface area contributed by atoms with Crippen LogP contribution in [0.2, 0.25) is 0 Å². The average Bonchev–Trinajstić information content (AvgIpc) is 3.27. The number of methoxy groups -OCH3 is 1. The number of benzene rings is 1. The van der Waals surface area contributed by atoms with Crippen molar-refractivity contribution in [3.05, 3.63) is 62.2 Å². The van der Waals surface area contributed by atoms with E-state index in [2.05, 4.69) is 4.90 Å². The Morgan fingerprint density at radius 2 is 1.92 bits per heavy atom. The molecule has 38 heavy (non-hydrogen) atoms. The Bertz CT molecular complexity index is 1360. The third-order valence-corrected chi connectivity index (χ3v) is 7.97. The Morgan fingerprint density at radius 1 is 1.21 bits per heavy atom. The van der Waals surface area contributed by atoms with Crippen LogP contribution in [-0.2, 0) is 29.2 Å². The SMILES string of the molecule is CC.COCc1c(C)cc2n(c1=O)Cc1c-2nc2cc(F)c(C)cc2c1CN1CCSCC1CO.O=CO. The van der Waals surface area contributed by atoms with Gasteiger partial charge in [-0.2, -0.15) is 11.8 Å². The number of hydrogen-bond acceptors (Lipinski definition) is 7. The molecule has 0 spiro atoms. The first-order chi connectivity index (χ1) is 18.3. The summed E-state index contributed by atoms with van der Waals surface area (Å²) in [7, 11) is 1.59. The van der Waals surface area contributed by atoms with Crippen molar-refractivity contribution in [3.63, 3.8) is 0 Å². The first-order valence-electron chi connectivity index (χ1n) is 12.7. The molecule has 1 aromatic carbocycles. The molecule has 2 aromatic heterocycles. The summed E-state index contributed by atoms with van der Waals surface area (Å²) < 4.78 is 21.5. The summed E-state index contributed by atoms with van der Waals surface area (Å²) in [5, 5.41) is 17.7. The van der Waals surface area contributed by atoms with Crippen LogP contribution in [0.25, 0.3) is 22.3 Å². The second-order valence-corrected chi connectivity index (χ2v) is 10.2. The predicted octanol–water partition coefficient (Wildman–Crippen LogP) is 3.96. The van der Waals surface area contributed by atoms with Crippen LogP contribution in [0, 0.1) is 19.7 Å². The van der Waals surface area contributed by atoms with Crippen LogP contribution in [0.4, 0.5) is 4.39 Å². The Balaban J connectivity index is 0.000000748. The van der Waals surface area contributed by atoms with Crippen LogP contribution >= 0.6 is 11.8 Å². The standard InChI is InChI=1S/C25H28FN3O3S.C2H6.CH2O2/c1-14-7-23-24-19(10-29(23)25(31)20(14)12-32-3)18(9-28-4-5-33-13-16(28)11-30)17-6-15(2)21(26)8-22(17)27-24;1-2;2-1-3/h6-8,16,30H,4-5,9-13H2,1-3H3;1-2H3;1H,(H,2,3). The highest BCUT2D eigenvalue weighted by molar-refractivity contribution is 7.99. The average molecular weight is 546 g/mol. The fraction of sp³-hybridized carbons (Fsp3) is 0.464. The summed E-state index contributed by atoms with van der Waals surface area (Å²) >= 11 is 1.85. The quantitative estimate of drug-likeness (QED) is 0.363. The van der Waals surface area contributed by atoms with Crippen molar-refractivity contribution in [1.82, 2.24) is 14.5 Å². The minimum absolute atomic E-state index is 0.0650. The lowest BCUT2D eigenvalue weighted by molar-refractivity contribution is -0.122. The van der Waals surface area contributed by atoms with Crippen molar-refractivity contribution in [1.29, 1.82) is 0 Å². The van der Waals surface area contributed by atoms with Crippen LogP contribution in [0.15, 0.2) is 23.0 Å². The Morgan fingerprint density at radius 3 is 2.58 bits per heavy atom. The van der Waals surface area contributed by atoms with Gasteiger partial charge in [0.1, 0.15) is 5.82 Å². The largest absolute Gasteiger partial charge is 0.483 e. The molecule has 0 amide bonds. The third kappa shape index (κ3) is 5.78. The molecule has 8 nitrogen and oxygen atoms in total. The van der Waals surface area contributed by atoms with Crippen molar-refractivity contribution in [2.75, 3.05) is 31.8 Å². The van der Waals surface area contributed by atoms with E-state index in [1.165, 1.54) is 6.07 Å². The summed E-state index contributed by atoms with van der Waals surface area (Å²) in [6, 6.07) is 5.43. The summed E-state index contributed by atoms with van der Waals surface area (Å²) in [4.78, 5) is 28.8. The van der Waals surface area contributed by atoms with Gasteiger partial charge < -0.3 is 19.5 Å². The molecular weight excluding hydrogens is 509 g/mol. The fourth-order valence-corrected chi connectivity index (χ4v) is 6.09. The van der Waals surface area contributed by atoms with E-state index in [1.807, 2.05) is 44.7 Å². The zero-order chi connectivity index (χ0) is 28.0. The minimum atomic E-state index is -0.287. The van der Waals surface area contributed by atoms with Crippen molar-refractivity contribution in [2.24, 2.45) is 0 Å². The number of thioether (sulfide) groups is 1. The molecular formula is C28H36FN3O5S. The van der Waals surface area contributed by atoms with Crippen LogP contribution in [-0.4, -0.2) is 68.9 Å². The van der Waals surface area contributed by atoms with Crippen molar-refractivity contribution in [2.45, 2.75) is 53.4 Å². The van der Waals surface area contributed by atoms with Gasteiger partial charge in [0.05, 0.1) is 36.7 Å². The maximum absolute atomic E-state index is 14.5. The molecule has 0 bridgehead atoms. The van der Waals surface area contributed by atoms with E-state index < -0.39 is 0 Å². The molecule has 3 aromatic rings. The summed E-state index contributed by atoms with van der Waals surface area (Å²) in [6.07, 6.45) is 0. The second kappa shape index (κ2) is 13.3. The molecule has 0 saturated carbocycles. The highest BCUT2D eigenvalue weighted by atomic mass is 32.2. The number of fused-ring (bicyclic) bond motifs is 4. The van der Waals surface area contributed by atoms with E-state index in [0.717, 1.165) is 51.5 Å². The van der Waals surface area contributed by atoms with Gasteiger partial charge >= 0.3 is 0 Å². The molecule has 2 aliphatic rings. The van der Waals surface area contributed by atoms with Gasteiger partial charge in [-0.15, -0.1) is 0 Å². The minimum Gasteiger partial charge on any atom is -0.483 e. The first kappa shape index (κ1) is 29.8. The Labute approximate surface area is 226 Å². The molecule has 0 radical (unpaired) electrons. The number of carboxylic acid groups (broad SMARTS) is 1. The van der Waals surface area contributed by atoms with Crippen LogP contribution in [0.5, 0.6) is 0 Å². The Kier molecular flexibility index (Phi) is 10.4. The number of carbonyl (C=O) groups is 1. The summed E-state index contributed by atoms with van der Waals surface area (Å²) in [6.45, 7) is 9.73. The number of hydrogen-bond donors (Lipinski definition) is 2. The summed E-state index contributed by atoms with van der Waals surface area (Å²) in [5.41, 5.74) is 6.21. The van der Waals surface area contributed by atoms with Crippen molar-refractivity contribution < 1.29 is 24.1 Å². The number of aromatic nitrogens is 2. The predicted molar refractivity (Wildman–Crippen MR) is 149 cm³/mol. The number of aliphatic hydroxyl groups is 1. The maximum Gasteiger partial charge on any atom is 0.290 e. The topological polar surface area (TPSA) is 105 Å². The van der Waals surface area contributed by atoms with Crippen LogP contribution < -0.4 is 5.56 Å². The molecule has 1 atom stereocenters. The van der Waals surface area contributed by atoms with Gasteiger partial charge in [-0.05, 0) is 42.7 Å².